The van der Waals surface area contributed by atoms with E-state index < -0.39 is 0 Å². The van der Waals surface area contributed by atoms with Crippen molar-refractivity contribution in [3.05, 3.63) is 35.7 Å². The van der Waals surface area contributed by atoms with Crippen LogP contribution in [0.2, 0.25) is 0 Å². The van der Waals surface area contributed by atoms with Crippen molar-refractivity contribution in [3.63, 3.8) is 0 Å². The van der Waals surface area contributed by atoms with Crippen LogP contribution in [0.3, 0.4) is 0 Å². The van der Waals surface area contributed by atoms with E-state index in [1.807, 2.05) is 26.0 Å². The molecular weight excluding hydrogens is 276 g/mol. The Balaban J connectivity index is 1.87. The number of benzene rings is 1. The van der Waals surface area contributed by atoms with Gasteiger partial charge in [0.15, 0.2) is 5.82 Å². The van der Waals surface area contributed by atoms with Gasteiger partial charge in [-0.1, -0.05) is 6.07 Å². The standard InChI is InChI=1S/C17H22N4O/c1-12-8-13(2)10-14(9-12)22-17-15(18)16(19-11-20-17)21-6-4-3-5-7-21/h8-11H,3-7,18H2,1-2H3. The van der Waals surface area contributed by atoms with Gasteiger partial charge in [0, 0.05) is 13.1 Å². The van der Waals surface area contributed by atoms with Crippen molar-refractivity contribution in [1.82, 2.24) is 9.97 Å². The summed E-state index contributed by atoms with van der Waals surface area (Å²) in [6, 6.07) is 6.07. The van der Waals surface area contributed by atoms with Crippen LogP contribution in [0.4, 0.5) is 11.5 Å². The maximum Gasteiger partial charge on any atom is 0.248 e. The van der Waals surface area contributed by atoms with Gasteiger partial charge in [-0.25, -0.2) is 4.98 Å². The molecule has 1 saturated heterocycles. The highest BCUT2D eigenvalue weighted by atomic mass is 16.5. The predicted molar refractivity (Wildman–Crippen MR) is 88.5 cm³/mol. The quantitative estimate of drug-likeness (QED) is 0.940. The van der Waals surface area contributed by atoms with E-state index in [0.29, 0.717) is 11.6 Å². The summed E-state index contributed by atoms with van der Waals surface area (Å²) in [6.45, 7) is 6.07. The summed E-state index contributed by atoms with van der Waals surface area (Å²) in [7, 11) is 0. The average molecular weight is 298 g/mol. The van der Waals surface area contributed by atoms with Gasteiger partial charge in [-0.3, -0.25) is 0 Å². The van der Waals surface area contributed by atoms with E-state index in [-0.39, 0.29) is 0 Å². The van der Waals surface area contributed by atoms with Crippen LogP contribution in [0.1, 0.15) is 30.4 Å². The molecule has 0 unspecified atom stereocenters. The molecule has 0 radical (unpaired) electrons. The molecular formula is C17H22N4O. The molecule has 116 valence electrons. The van der Waals surface area contributed by atoms with Gasteiger partial charge in [0.25, 0.3) is 0 Å². The number of nitrogens with zero attached hydrogens (tertiary/aromatic N) is 3. The average Bonchev–Trinajstić information content (AvgIpc) is 2.49. The fourth-order valence-corrected chi connectivity index (χ4v) is 2.91. The summed E-state index contributed by atoms with van der Waals surface area (Å²) in [4.78, 5) is 10.8. The van der Waals surface area contributed by atoms with Crippen molar-refractivity contribution >= 4 is 11.5 Å². The molecule has 1 aromatic heterocycles. The number of hydrogen-bond acceptors (Lipinski definition) is 5. The smallest absolute Gasteiger partial charge is 0.248 e. The molecule has 5 heteroatoms. The van der Waals surface area contributed by atoms with Gasteiger partial charge in [-0.05, 0) is 56.4 Å². The first-order chi connectivity index (χ1) is 10.6. The highest BCUT2D eigenvalue weighted by molar-refractivity contribution is 5.68. The third kappa shape index (κ3) is 3.13. The number of aryl methyl sites for hydroxylation is 2. The van der Waals surface area contributed by atoms with E-state index >= 15 is 0 Å². The number of nitrogens with two attached hydrogens (primary N) is 1. The lowest BCUT2D eigenvalue weighted by Crippen LogP contribution is -2.31. The van der Waals surface area contributed by atoms with Gasteiger partial charge >= 0.3 is 0 Å². The fraction of sp³-hybridized carbons (Fsp3) is 0.412. The monoisotopic (exact) mass is 298 g/mol. The zero-order chi connectivity index (χ0) is 15.5. The highest BCUT2D eigenvalue weighted by Gasteiger charge is 2.18. The van der Waals surface area contributed by atoms with Crippen molar-refractivity contribution in [2.75, 3.05) is 23.7 Å². The van der Waals surface area contributed by atoms with Crippen LogP contribution in [0.15, 0.2) is 24.5 Å². The van der Waals surface area contributed by atoms with Crippen LogP contribution < -0.4 is 15.4 Å². The molecule has 0 aliphatic carbocycles. The lowest BCUT2D eigenvalue weighted by atomic mass is 10.1. The van der Waals surface area contributed by atoms with E-state index in [9.17, 15) is 0 Å². The number of nitrogen functional groups attached to an aromatic ring is 1. The summed E-state index contributed by atoms with van der Waals surface area (Å²) in [5.74, 6) is 1.97. The first-order valence-electron chi connectivity index (χ1n) is 7.75. The number of rotatable bonds is 3. The molecule has 0 bridgehead atoms. The van der Waals surface area contributed by atoms with Gasteiger partial charge < -0.3 is 15.4 Å². The third-order valence-corrected chi connectivity index (χ3v) is 3.89. The third-order valence-electron chi connectivity index (χ3n) is 3.89. The summed E-state index contributed by atoms with van der Waals surface area (Å²) in [6.07, 6.45) is 5.15. The molecule has 22 heavy (non-hydrogen) atoms. The minimum atomic E-state index is 0.431. The maximum atomic E-state index is 6.25. The van der Waals surface area contributed by atoms with Gasteiger partial charge in [0.2, 0.25) is 5.88 Å². The Labute approximate surface area is 131 Å². The van der Waals surface area contributed by atoms with Crippen LogP contribution in [-0.4, -0.2) is 23.1 Å². The summed E-state index contributed by atoms with van der Waals surface area (Å²) >= 11 is 0. The Bertz CT molecular complexity index is 645. The SMILES string of the molecule is Cc1cc(C)cc(Oc2ncnc(N3CCCCC3)c2N)c1. The normalized spacial score (nSPS) is 14.9. The summed E-state index contributed by atoms with van der Waals surface area (Å²) in [5.41, 5.74) is 9.07. The Morgan fingerprint density at radius 2 is 1.68 bits per heavy atom. The zero-order valence-corrected chi connectivity index (χ0v) is 13.2. The van der Waals surface area contributed by atoms with Crippen LogP contribution in [0.25, 0.3) is 0 Å². The number of aromatic nitrogens is 2. The van der Waals surface area contributed by atoms with Crippen LogP contribution in [-0.2, 0) is 0 Å². The molecule has 2 N–H and O–H groups in total. The van der Waals surface area contributed by atoms with Crippen LogP contribution in [0, 0.1) is 13.8 Å². The van der Waals surface area contributed by atoms with Gasteiger partial charge in [-0.15, -0.1) is 0 Å². The zero-order valence-electron chi connectivity index (χ0n) is 13.2. The minimum absolute atomic E-state index is 0.431. The molecule has 1 aromatic carbocycles. The highest BCUT2D eigenvalue weighted by Crippen LogP contribution is 2.33. The van der Waals surface area contributed by atoms with Crippen molar-refractivity contribution in [1.29, 1.82) is 0 Å². The molecule has 0 atom stereocenters. The molecule has 2 aromatic rings. The first kappa shape index (κ1) is 14.6. The molecule has 1 aliphatic rings. The van der Waals surface area contributed by atoms with Crippen molar-refractivity contribution in [2.45, 2.75) is 33.1 Å². The molecule has 0 saturated carbocycles. The largest absolute Gasteiger partial charge is 0.437 e. The topological polar surface area (TPSA) is 64.3 Å². The van der Waals surface area contributed by atoms with Crippen LogP contribution in [0.5, 0.6) is 11.6 Å². The molecule has 0 spiro atoms. The molecule has 0 amide bonds. The number of anilines is 2. The van der Waals surface area contributed by atoms with Gasteiger partial charge in [-0.2, -0.15) is 4.98 Å². The van der Waals surface area contributed by atoms with E-state index in [2.05, 4.69) is 20.9 Å². The Morgan fingerprint density at radius 1 is 1.00 bits per heavy atom. The Morgan fingerprint density at radius 3 is 2.36 bits per heavy atom. The fourth-order valence-electron chi connectivity index (χ4n) is 2.91. The molecule has 5 nitrogen and oxygen atoms in total. The second kappa shape index (κ2) is 6.22. The van der Waals surface area contributed by atoms with E-state index in [0.717, 1.165) is 35.8 Å². The molecule has 3 rings (SSSR count). The van der Waals surface area contributed by atoms with Crippen LogP contribution >= 0.6 is 0 Å². The second-order valence-electron chi connectivity index (χ2n) is 5.89. The van der Waals surface area contributed by atoms with E-state index in [1.54, 1.807) is 0 Å². The molecule has 2 heterocycles. The molecule has 1 fully saturated rings. The number of piperidine rings is 1. The minimum Gasteiger partial charge on any atom is -0.437 e. The summed E-state index contributed by atoms with van der Waals surface area (Å²) < 4.78 is 5.90. The van der Waals surface area contributed by atoms with Gasteiger partial charge in [0.05, 0.1) is 0 Å². The lowest BCUT2D eigenvalue weighted by Gasteiger charge is -2.28. The Kier molecular flexibility index (Phi) is 4.13. The van der Waals surface area contributed by atoms with Crippen molar-refractivity contribution < 1.29 is 4.74 Å². The summed E-state index contributed by atoms with van der Waals surface area (Å²) in [5, 5.41) is 0. The lowest BCUT2D eigenvalue weighted by molar-refractivity contribution is 0.462. The maximum absolute atomic E-state index is 6.25. The van der Waals surface area contributed by atoms with Crippen molar-refractivity contribution in [2.24, 2.45) is 0 Å². The molecule has 1 aliphatic heterocycles. The van der Waals surface area contributed by atoms with Crippen molar-refractivity contribution in [3.8, 4) is 11.6 Å². The Hall–Kier alpha value is -2.30. The first-order valence-corrected chi connectivity index (χ1v) is 7.75. The predicted octanol–water partition coefficient (Wildman–Crippen LogP) is 3.46. The second-order valence-corrected chi connectivity index (χ2v) is 5.89. The number of ether oxygens (including phenoxy) is 1. The van der Waals surface area contributed by atoms with E-state index in [1.165, 1.54) is 25.6 Å². The van der Waals surface area contributed by atoms with Gasteiger partial charge in [0.1, 0.15) is 17.8 Å². The van der Waals surface area contributed by atoms with E-state index in [4.69, 9.17) is 10.5 Å². The number of hydrogen-bond donors (Lipinski definition) is 1.